The SMILES string of the molecule is C=CCc1ccc(C)cc1F. The van der Waals surface area contributed by atoms with Crippen molar-refractivity contribution in [3.63, 3.8) is 0 Å². The summed E-state index contributed by atoms with van der Waals surface area (Å²) in [5, 5.41) is 0. The molecular formula is C10H11F. The molecule has 0 spiro atoms. The van der Waals surface area contributed by atoms with Gasteiger partial charge in [0, 0.05) is 0 Å². The van der Waals surface area contributed by atoms with Crippen molar-refractivity contribution in [1.29, 1.82) is 0 Å². The van der Waals surface area contributed by atoms with Gasteiger partial charge in [-0.05, 0) is 30.5 Å². The summed E-state index contributed by atoms with van der Waals surface area (Å²) < 4.78 is 13.0. The summed E-state index contributed by atoms with van der Waals surface area (Å²) in [7, 11) is 0. The van der Waals surface area contributed by atoms with Crippen LogP contribution in [0.4, 0.5) is 4.39 Å². The van der Waals surface area contributed by atoms with Gasteiger partial charge in [-0.15, -0.1) is 6.58 Å². The van der Waals surface area contributed by atoms with Crippen LogP contribution in [0, 0.1) is 12.7 Å². The van der Waals surface area contributed by atoms with Crippen LogP contribution in [-0.4, -0.2) is 0 Å². The molecule has 0 atom stereocenters. The third-order valence-corrected chi connectivity index (χ3v) is 1.57. The number of allylic oxidation sites excluding steroid dienone is 1. The molecule has 0 aromatic heterocycles. The van der Waals surface area contributed by atoms with Gasteiger partial charge in [-0.3, -0.25) is 0 Å². The molecule has 0 unspecified atom stereocenters. The molecule has 0 amide bonds. The van der Waals surface area contributed by atoms with Crippen LogP contribution in [0.1, 0.15) is 11.1 Å². The van der Waals surface area contributed by atoms with Crippen molar-refractivity contribution < 1.29 is 4.39 Å². The lowest BCUT2D eigenvalue weighted by Crippen LogP contribution is -1.87. The number of hydrogen-bond acceptors (Lipinski definition) is 0. The van der Waals surface area contributed by atoms with Crippen LogP contribution in [0.15, 0.2) is 30.9 Å². The van der Waals surface area contributed by atoms with Gasteiger partial charge in [0.15, 0.2) is 0 Å². The molecule has 0 saturated heterocycles. The van der Waals surface area contributed by atoms with Gasteiger partial charge in [0.1, 0.15) is 5.82 Å². The minimum Gasteiger partial charge on any atom is -0.207 e. The van der Waals surface area contributed by atoms with E-state index in [0.717, 1.165) is 5.56 Å². The van der Waals surface area contributed by atoms with E-state index >= 15 is 0 Å². The van der Waals surface area contributed by atoms with Gasteiger partial charge in [0.2, 0.25) is 0 Å². The second-order valence-electron chi connectivity index (χ2n) is 2.59. The molecule has 0 aliphatic carbocycles. The van der Waals surface area contributed by atoms with E-state index in [1.807, 2.05) is 13.0 Å². The Morgan fingerprint density at radius 1 is 1.55 bits per heavy atom. The van der Waals surface area contributed by atoms with Gasteiger partial charge >= 0.3 is 0 Å². The molecule has 0 aliphatic rings. The molecule has 0 N–H and O–H groups in total. The molecule has 1 rings (SSSR count). The Labute approximate surface area is 66.4 Å². The zero-order chi connectivity index (χ0) is 8.27. The van der Waals surface area contributed by atoms with Crippen LogP contribution < -0.4 is 0 Å². The fourth-order valence-electron chi connectivity index (χ4n) is 0.973. The molecule has 1 heteroatoms. The molecule has 1 aromatic rings. The van der Waals surface area contributed by atoms with Crippen molar-refractivity contribution >= 4 is 0 Å². The Morgan fingerprint density at radius 3 is 2.82 bits per heavy atom. The highest BCUT2D eigenvalue weighted by Crippen LogP contribution is 2.10. The molecule has 1 aromatic carbocycles. The Bertz CT molecular complexity index is 264. The minimum atomic E-state index is -0.134. The number of aryl methyl sites for hydroxylation is 1. The van der Waals surface area contributed by atoms with Gasteiger partial charge in [-0.25, -0.2) is 4.39 Å². The summed E-state index contributed by atoms with van der Waals surface area (Å²) in [6.45, 7) is 5.43. The summed E-state index contributed by atoms with van der Waals surface area (Å²) in [6.07, 6.45) is 2.31. The van der Waals surface area contributed by atoms with E-state index in [1.165, 1.54) is 0 Å². The Kier molecular flexibility index (Phi) is 2.42. The number of benzene rings is 1. The van der Waals surface area contributed by atoms with Gasteiger partial charge in [0.05, 0.1) is 0 Å². The maximum Gasteiger partial charge on any atom is 0.126 e. The van der Waals surface area contributed by atoms with E-state index in [0.29, 0.717) is 12.0 Å². The van der Waals surface area contributed by atoms with Crippen molar-refractivity contribution in [2.75, 3.05) is 0 Å². The van der Waals surface area contributed by atoms with Crippen molar-refractivity contribution in [1.82, 2.24) is 0 Å². The Balaban J connectivity index is 2.98. The van der Waals surface area contributed by atoms with Crippen LogP contribution in [0.3, 0.4) is 0 Å². The monoisotopic (exact) mass is 150 g/mol. The first-order valence-electron chi connectivity index (χ1n) is 3.60. The van der Waals surface area contributed by atoms with E-state index in [4.69, 9.17) is 0 Å². The van der Waals surface area contributed by atoms with E-state index in [2.05, 4.69) is 6.58 Å². The van der Waals surface area contributed by atoms with Gasteiger partial charge < -0.3 is 0 Å². The van der Waals surface area contributed by atoms with Crippen LogP contribution in [0.25, 0.3) is 0 Å². The molecule has 0 nitrogen and oxygen atoms in total. The van der Waals surface area contributed by atoms with Crippen molar-refractivity contribution in [3.05, 3.63) is 47.8 Å². The average Bonchev–Trinajstić information content (AvgIpc) is 1.95. The van der Waals surface area contributed by atoms with E-state index in [9.17, 15) is 4.39 Å². The second-order valence-corrected chi connectivity index (χ2v) is 2.59. The lowest BCUT2D eigenvalue weighted by atomic mass is 10.1. The van der Waals surface area contributed by atoms with Crippen molar-refractivity contribution in [2.45, 2.75) is 13.3 Å². The summed E-state index contributed by atoms with van der Waals surface area (Å²) in [5.41, 5.74) is 1.67. The van der Waals surface area contributed by atoms with E-state index in [1.54, 1.807) is 18.2 Å². The fourth-order valence-corrected chi connectivity index (χ4v) is 0.973. The number of rotatable bonds is 2. The van der Waals surface area contributed by atoms with Crippen LogP contribution in [0.5, 0.6) is 0 Å². The molecule has 0 bridgehead atoms. The number of hydrogen-bond donors (Lipinski definition) is 0. The van der Waals surface area contributed by atoms with E-state index < -0.39 is 0 Å². The molecule has 0 heterocycles. The first-order chi connectivity index (χ1) is 5.24. The highest BCUT2D eigenvalue weighted by atomic mass is 19.1. The highest BCUT2D eigenvalue weighted by molar-refractivity contribution is 5.24. The smallest absolute Gasteiger partial charge is 0.126 e. The molecule has 58 valence electrons. The van der Waals surface area contributed by atoms with Crippen molar-refractivity contribution in [2.24, 2.45) is 0 Å². The van der Waals surface area contributed by atoms with E-state index in [-0.39, 0.29) is 5.82 Å². The largest absolute Gasteiger partial charge is 0.207 e. The third-order valence-electron chi connectivity index (χ3n) is 1.57. The quantitative estimate of drug-likeness (QED) is 0.569. The lowest BCUT2D eigenvalue weighted by molar-refractivity contribution is 0.613. The molecule has 0 radical (unpaired) electrons. The van der Waals surface area contributed by atoms with Crippen LogP contribution in [0.2, 0.25) is 0 Å². The average molecular weight is 150 g/mol. The molecule has 0 fully saturated rings. The van der Waals surface area contributed by atoms with Crippen LogP contribution in [-0.2, 0) is 6.42 Å². The third kappa shape index (κ3) is 1.90. The van der Waals surface area contributed by atoms with Gasteiger partial charge in [-0.2, -0.15) is 0 Å². The van der Waals surface area contributed by atoms with Gasteiger partial charge in [0.25, 0.3) is 0 Å². The highest BCUT2D eigenvalue weighted by Gasteiger charge is 1.98. The summed E-state index contributed by atoms with van der Waals surface area (Å²) in [4.78, 5) is 0. The summed E-state index contributed by atoms with van der Waals surface area (Å²) >= 11 is 0. The molecule has 0 saturated carbocycles. The normalized spacial score (nSPS) is 9.64. The fraction of sp³-hybridized carbons (Fsp3) is 0.200. The van der Waals surface area contributed by atoms with Crippen LogP contribution >= 0.6 is 0 Å². The maximum atomic E-state index is 13.0. The standard InChI is InChI=1S/C10H11F/c1-3-4-9-6-5-8(2)7-10(9)11/h3,5-7H,1,4H2,2H3. The minimum absolute atomic E-state index is 0.134. The Hall–Kier alpha value is -1.11. The summed E-state index contributed by atoms with van der Waals surface area (Å²) in [5.74, 6) is -0.134. The Morgan fingerprint density at radius 2 is 2.27 bits per heavy atom. The number of halogens is 1. The predicted molar refractivity (Wildman–Crippen MR) is 45.0 cm³/mol. The van der Waals surface area contributed by atoms with Gasteiger partial charge in [-0.1, -0.05) is 18.2 Å². The van der Waals surface area contributed by atoms with Crippen molar-refractivity contribution in [3.8, 4) is 0 Å². The molecule has 11 heavy (non-hydrogen) atoms. The predicted octanol–water partition coefficient (Wildman–Crippen LogP) is 2.86. The first kappa shape index (κ1) is 7.99. The maximum absolute atomic E-state index is 13.0. The zero-order valence-corrected chi connectivity index (χ0v) is 6.60. The molecular weight excluding hydrogens is 139 g/mol. The second kappa shape index (κ2) is 3.33. The topological polar surface area (TPSA) is 0 Å². The lowest BCUT2D eigenvalue weighted by Gasteiger charge is -1.99. The molecule has 0 aliphatic heterocycles. The zero-order valence-electron chi connectivity index (χ0n) is 6.60. The first-order valence-corrected chi connectivity index (χ1v) is 3.60. The summed E-state index contributed by atoms with van der Waals surface area (Å²) in [6, 6.07) is 5.24.